The Morgan fingerprint density at radius 2 is 1.86 bits per heavy atom. The molecule has 0 aliphatic rings. The second kappa shape index (κ2) is 6.33. The summed E-state index contributed by atoms with van der Waals surface area (Å²) in [6.45, 7) is 2.04. The van der Waals surface area contributed by atoms with Gasteiger partial charge < -0.3 is 4.52 Å². The Morgan fingerprint density at radius 1 is 1.10 bits per heavy atom. The zero-order valence-electron chi connectivity index (χ0n) is 11.4. The van der Waals surface area contributed by atoms with Crippen molar-refractivity contribution in [3.63, 3.8) is 0 Å². The molecule has 1 heterocycles. The van der Waals surface area contributed by atoms with E-state index in [0.717, 1.165) is 21.0 Å². The molecule has 0 saturated heterocycles. The van der Waals surface area contributed by atoms with E-state index in [1.165, 1.54) is 0 Å². The number of benzene rings is 2. The lowest BCUT2D eigenvalue weighted by atomic mass is 10.1. The lowest BCUT2D eigenvalue weighted by Crippen LogP contribution is -1.85. The molecule has 0 aliphatic heterocycles. The van der Waals surface area contributed by atoms with E-state index in [2.05, 4.69) is 10.1 Å². The lowest BCUT2D eigenvalue weighted by molar-refractivity contribution is 0.391. The minimum atomic E-state index is 0.619. The van der Waals surface area contributed by atoms with Crippen molar-refractivity contribution in [3.05, 3.63) is 65.0 Å². The number of hydrogen-bond donors (Lipinski definition) is 0. The van der Waals surface area contributed by atoms with Gasteiger partial charge in [-0.3, -0.25) is 0 Å². The van der Waals surface area contributed by atoms with E-state index < -0.39 is 0 Å². The molecule has 0 radical (unpaired) electrons. The molecule has 0 fully saturated rings. The van der Waals surface area contributed by atoms with Gasteiger partial charge in [0.15, 0.2) is 0 Å². The molecule has 2 aromatic carbocycles. The van der Waals surface area contributed by atoms with Gasteiger partial charge in [-0.05, 0) is 36.8 Å². The summed E-state index contributed by atoms with van der Waals surface area (Å²) < 4.78 is 5.31. The molecule has 0 unspecified atom stereocenters. The van der Waals surface area contributed by atoms with Crippen molar-refractivity contribution in [2.45, 2.75) is 17.6 Å². The highest BCUT2D eigenvalue weighted by atomic mass is 35.5. The summed E-state index contributed by atoms with van der Waals surface area (Å²) >= 11 is 7.50. The average Bonchev–Trinajstić information content (AvgIpc) is 2.96. The van der Waals surface area contributed by atoms with Gasteiger partial charge in [0.2, 0.25) is 11.7 Å². The van der Waals surface area contributed by atoms with Crippen molar-refractivity contribution in [2.75, 3.05) is 0 Å². The molecular formula is C16H13ClN2OS. The zero-order chi connectivity index (χ0) is 14.7. The number of thioether (sulfide) groups is 1. The fourth-order valence-corrected chi connectivity index (χ4v) is 2.78. The Balaban J connectivity index is 1.71. The summed E-state index contributed by atoms with van der Waals surface area (Å²) in [6.07, 6.45) is 0. The van der Waals surface area contributed by atoms with Crippen LogP contribution in [0.5, 0.6) is 0 Å². The topological polar surface area (TPSA) is 38.9 Å². The van der Waals surface area contributed by atoms with Crippen LogP contribution in [0.2, 0.25) is 5.02 Å². The maximum absolute atomic E-state index is 5.86. The maximum Gasteiger partial charge on any atom is 0.237 e. The molecule has 1 aromatic heterocycles. The summed E-state index contributed by atoms with van der Waals surface area (Å²) in [5.74, 6) is 1.90. The molecule has 0 amide bonds. The summed E-state index contributed by atoms with van der Waals surface area (Å²) in [4.78, 5) is 5.57. The zero-order valence-corrected chi connectivity index (χ0v) is 13.0. The summed E-state index contributed by atoms with van der Waals surface area (Å²) in [6, 6.07) is 15.7. The van der Waals surface area contributed by atoms with Gasteiger partial charge in [0, 0.05) is 15.5 Å². The number of aryl methyl sites for hydroxylation is 1. The maximum atomic E-state index is 5.86. The van der Waals surface area contributed by atoms with Gasteiger partial charge in [-0.15, -0.1) is 11.8 Å². The second-order valence-corrected chi connectivity index (χ2v) is 6.05. The third kappa shape index (κ3) is 3.46. The van der Waals surface area contributed by atoms with Gasteiger partial charge in [0.05, 0.1) is 5.75 Å². The first-order chi connectivity index (χ1) is 10.2. The van der Waals surface area contributed by atoms with Gasteiger partial charge in [0.1, 0.15) is 0 Å². The summed E-state index contributed by atoms with van der Waals surface area (Å²) in [5, 5.41) is 4.79. The van der Waals surface area contributed by atoms with Crippen LogP contribution in [-0.2, 0) is 5.75 Å². The molecule has 5 heteroatoms. The van der Waals surface area contributed by atoms with Crippen molar-refractivity contribution in [3.8, 4) is 11.4 Å². The Labute approximate surface area is 132 Å². The van der Waals surface area contributed by atoms with E-state index in [0.29, 0.717) is 17.5 Å². The molecule has 0 saturated carbocycles. The van der Waals surface area contributed by atoms with Crippen molar-refractivity contribution >= 4 is 23.4 Å². The van der Waals surface area contributed by atoms with Gasteiger partial charge in [-0.25, -0.2) is 0 Å². The van der Waals surface area contributed by atoms with Gasteiger partial charge in [0.25, 0.3) is 0 Å². The van der Waals surface area contributed by atoms with Crippen molar-refractivity contribution < 1.29 is 4.52 Å². The average molecular weight is 317 g/mol. The first-order valence-corrected chi connectivity index (χ1v) is 7.86. The molecule has 0 spiro atoms. The van der Waals surface area contributed by atoms with E-state index in [-0.39, 0.29) is 0 Å². The second-order valence-electron chi connectivity index (χ2n) is 4.57. The van der Waals surface area contributed by atoms with Crippen molar-refractivity contribution in [2.24, 2.45) is 0 Å². The summed E-state index contributed by atoms with van der Waals surface area (Å²) in [5.41, 5.74) is 2.14. The minimum Gasteiger partial charge on any atom is -0.338 e. The summed E-state index contributed by atoms with van der Waals surface area (Å²) in [7, 11) is 0. The Bertz CT molecular complexity index is 740. The third-order valence-electron chi connectivity index (χ3n) is 3.03. The molecule has 3 rings (SSSR count). The highest BCUT2D eigenvalue weighted by molar-refractivity contribution is 7.98. The van der Waals surface area contributed by atoms with Crippen LogP contribution in [0.4, 0.5) is 0 Å². The number of aromatic nitrogens is 2. The molecule has 0 atom stereocenters. The largest absolute Gasteiger partial charge is 0.338 e. The first-order valence-electron chi connectivity index (χ1n) is 6.49. The fourth-order valence-electron chi connectivity index (χ4n) is 1.92. The molecule has 21 heavy (non-hydrogen) atoms. The van der Waals surface area contributed by atoms with Crippen LogP contribution in [0, 0.1) is 6.92 Å². The first kappa shape index (κ1) is 14.2. The normalized spacial score (nSPS) is 10.8. The molecule has 0 aliphatic carbocycles. The van der Waals surface area contributed by atoms with E-state index in [9.17, 15) is 0 Å². The number of nitrogens with zero attached hydrogens (tertiary/aromatic N) is 2. The van der Waals surface area contributed by atoms with Crippen molar-refractivity contribution in [1.29, 1.82) is 0 Å². The smallest absolute Gasteiger partial charge is 0.237 e. The highest BCUT2D eigenvalue weighted by Gasteiger charge is 2.10. The predicted molar refractivity (Wildman–Crippen MR) is 85.5 cm³/mol. The van der Waals surface area contributed by atoms with Crippen molar-refractivity contribution in [1.82, 2.24) is 10.1 Å². The SMILES string of the molecule is Cc1ccccc1-c1noc(CSc2ccc(Cl)cc2)n1. The van der Waals surface area contributed by atoms with E-state index >= 15 is 0 Å². The molecule has 3 nitrogen and oxygen atoms in total. The van der Waals surface area contributed by atoms with Gasteiger partial charge >= 0.3 is 0 Å². The predicted octanol–water partition coefficient (Wildman–Crippen LogP) is 4.99. The highest BCUT2D eigenvalue weighted by Crippen LogP contribution is 2.25. The number of halogens is 1. The molecular weight excluding hydrogens is 304 g/mol. The Morgan fingerprint density at radius 3 is 2.62 bits per heavy atom. The number of rotatable bonds is 4. The standard InChI is InChI=1S/C16H13ClN2OS/c1-11-4-2-3-5-14(11)16-18-15(20-19-16)10-21-13-8-6-12(17)7-9-13/h2-9H,10H2,1H3. The molecule has 0 bridgehead atoms. The van der Waals surface area contributed by atoms with Crippen LogP contribution in [0.25, 0.3) is 11.4 Å². The van der Waals surface area contributed by atoms with Crippen LogP contribution < -0.4 is 0 Å². The van der Waals surface area contributed by atoms with Crippen LogP contribution in [0.3, 0.4) is 0 Å². The van der Waals surface area contributed by atoms with Crippen LogP contribution in [-0.4, -0.2) is 10.1 Å². The van der Waals surface area contributed by atoms with Crippen LogP contribution in [0.1, 0.15) is 11.5 Å². The molecule has 3 aromatic rings. The third-order valence-corrected chi connectivity index (χ3v) is 4.28. The lowest BCUT2D eigenvalue weighted by Gasteiger charge is -1.98. The minimum absolute atomic E-state index is 0.619. The molecule has 106 valence electrons. The fraction of sp³-hybridized carbons (Fsp3) is 0.125. The number of hydrogen-bond acceptors (Lipinski definition) is 4. The quantitative estimate of drug-likeness (QED) is 0.636. The van der Waals surface area contributed by atoms with Gasteiger partial charge in [-0.2, -0.15) is 4.98 Å². The Hall–Kier alpha value is -1.78. The van der Waals surface area contributed by atoms with Crippen LogP contribution >= 0.6 is 23.4 Å². The molecule has 0 N–H and O–H groups in total. The van der Waals surface area contributed by atoms with E-state index in [1.54, 1.807) is 11.8 Å². The monoisotopic (exact) mass is 316 g/mol. The van der Waals surface area contributed by atoms with Gasteiger partial charge in [-0.1, -0.05) is 41.0 Å². The Kier molecular flexibility index (Phi) is 4.27. The van der Waals surface area contributed by atoms with Crippen LogP contribution in [0.15, 0.2) is 57.9 Å². The van der Waals surface area contributed by atoms with E-state index in [1.807, 2.05) is 55.5 Å². The van der Waals surface area contributed by atoms with E-state index in [4.69, 9.17) is 16.1 Å².